The Morgan fingerprint density at radius 3 is 2.63 bits per heavy atom. The maximum atomic E-state index is 13.1. The van der Waals surface area contributed by atoms with E-state index < -0.39 is 0 Å². The summed E-state index contributed by atoms with van der Waals surface area (Å²) in [5, 5.41) is 6.15. The molecule has 2 atom stereocenters. The van der Waals surface area contributed by atoms with E-state index in [1.807, 2.05) is 18.2 Å². The molecule has 2 bridgehead atoms. The van der Waals surface area contributed by atoms with Crippen molar-refractivity contribution in [3.8, 4) is 11.1 Å². The normalized spacial score (nSPS) is 26.8. The van der Waals surface area contributed by atoms with E-state index in [1.54, 1.807) is 11.8 Å². The predicted molar refractivity (Wildman–Crippen MR) is 121 cm³/mol. The van der Waals surface area contributed by atoms with Gasteiger partial charge in [0, 0.05) is 30.1 Å². The Hall–Kier alpha value is -2.31. The van der Waals surface area contributed by atoms with E-state index >= 15 is 0 Å². The number of nitrogens with zero attached hydrogens (tertiary/aromatic N) is 1. The number of nitrogens with one attached hydrogen (secondary N) is 2. The third-order valence-corrected chi connectivity index (χ3v) is 7.92. The fourth-order valence-electron chi connectivity index (χ4n) is 5.01. The van der Waals surface area contributed by atoms with Gasteiger partial charge in [-0.05, 0) is 67.1 Å². The van der Waals surface area contributed by atoms with Gasteiger partial charge in [0.1, 0.15) is 0 Å². The number of hydrogen-bond donors (Lipinski definition) is 2. The van der Waals surface area contributed by atoms with Gasteiger partial charge in [-0.15, -0.1) is 11.8 Å². The molecule has 0 saturated carbocycles. The number of carbonyl (C=O) groups is 2. The summed E-state index contributed by atoms with van der Waals surface area (Å²) in [5.74, 6) is 0.733. The van der Waals surface area contributed by atoms with Crippen molar-refractivity contribution in [1.82, 2.24) is 10.2 Å². The van der Waals surface area contributed by atoms with Crippen LogP contribution in [-0.4, -0.2) is 47.6 Å². The minimum Gasteiger partial charge on any atom is -0.351 e. The molecule has 30 heavy (non-hydrogen) atoms. The predicted octanol–water partition coefficient (Wildman–Crippen LogP) is 3.54. The molecule has 3 saturated heterocycles. The lowest BCUT2D eigenvalue weighted by Gasteiger charge is -2.45. The Bertz CT molecular complexity index is 984. The zero-order valence-corrected chi connectivity index (χ0v) is 18.0. The van der Waals surface area contributed by atoms with Gasteiger partial charge in [-0.2, -0.15) is 0 Å². The molecular formula is C24H27N3O2S. The van der Waals surface area contributed by atoms with Gasteiger partial charge in [-0.1, -0.05) is 30.3 Å². The van der Waals surface area contributed by atoms with Crippen LogP contribution in [0.25, 0.3) is 11.1 Å². The molecule has 5 nitrogen and oxygen atoms in total. The average molecular weight is 422 g/mol. The number of fused-ring (bicyclic) bond motifs is 4. The first-order valence-electron chi connectivity index (χ1n) is 10.8. The highest BCUT2D eigenvalue weighted by Crippen LogP contribution is 2.44. The summed E-state index contributed by atoms with van der Waals surface area (Å²) in [6.45, 7) is 4.88. The summed E-state index contributed by atoms with van der Waals surface area (Å²) in [5.41, 5.74) is 4.21. The molecule has 4 heterocycles. The molecule has 0 aromatic heterocycles. The summed E-state index contributed by atoms with van der Waals surface area (Å²) in [6.07, 6.45) is 3.18. The van der Waals surface area contributed by atoms with E-state index in [9.17, 15) is 9.59 Å². The van der Waals surface area contributed by atoms with Crippen LogP contribution in [0.3, 0.4) is 0 Å². The zero-order chi connectivity index (χ0) is 20.7. The van der Waals surface area contributed by atoms with Crippen LogP contribution in [0.15, 0.2) is 47.4 Å². The molecule has 4 aliphatic heterocycles. The van der Waals surface area contributed by atoms with Crippen molar-refractivity contribution in [1.29, 1.82) is 0 Å². The maximum absolute atomic E-state index is 13.1. The smallest absolute Gasteiger partial charge is 0.234 e. The third-order valence-electron chi connectivity index (χ3n) is 6.53. The van der Waals surface area contributed by atoms with Gasteiger partial charge in [0.05, 0.1) is 5.25 Å². The molecule has 2 N–H and O–H groups in total. The van der Waals surface area contributed by atoms with E-state index in [4.69, 9.17) is 0 Å². The number of rotatable bonds is 4. The first-order chi connectivity index (χ1) is 14.6. The lowest BCUT2D eigenvalue weighted by Crippen LogP contribution is -2.58. The minimum absolute atomic E-state index is 0.0740. The largest absolute Gasteiger partial charge is 0.351 e. The van der Waals surface area contributed by atoms with Crippen molar-refractivity contribution in [2.24, 2.45) is 5.92 Å². The van der Waals surface area contributed by atoms with Crippen LogP contribution in [0.4, 0.5) is 5.69 Å². The molecule has 2 amide bonds. The Labute approximate surface area is 181 Å². The standard InChI is InChI=1S/C24H27N3O2S/c1-15(28)25-19-6-2-4-17(12-19)20-7-3-5-18-13-22(30-23(18)20)24(29)26-21-14-27-10-8-16(21)9-11-27/h2-7,12,16,21-22H,8-11,13-14H2,1H3,(H,25,28)(H,26,29)/t21-,22?/m0/s1. The molecule has 2 aromatic carbocycles. The lowest BCUT2D eigenvalue weighted by molar-refractivity contribution is -0.122. The first-order valence-corrected chi connectivity index (χ1v) is 11.6. The van der Waals surface area contributed by atoms with Crippen molar-refractivity contribution in [3.63, 3.8) is 0 Å². The van der Waals surface area contributed by atoms with Crippen molar-refractivity contribution < 1.29 is 9.59 Å². The number of carbonyl (C=O) groups excluding carboxylic acids is 2. The average Bonchev–Trinajstić information content (AvgIpc) is 3.19. The fraction of sp³-hybridized carbons (Fsp3) is 0.417. The summed E-state index contributed by atoms with van der Waals surface area (Å²) in [4.78, 5) is 28.2. The van der Waals surface area contributed by atoms with Crippen molar-refractivity contribution in [2.45, 2.75) is 42.4 Å². The van der Waals surface area contributed by atoms with Crippen LogP contribution in [0.2, 0.25) is 0 Å². The second-order valence-corrected chi connectivity index (χ2v) is 9.83. The summed E-state index contributed by atoms with van der Waals surface area (Å²) >= 11 is 1.68. The Morgan fingerprint density at radius 1 is 1.10 bits per heavy atom. The van der Waals surface area contributed by atoms with Crippen LogP contribution in [0, 0.1) is 5.92 Å². The van der Waals surface area contributed by atoms with Gasteiger partial charge in [-0.3, -0.25) is 9.59 Å². The van der Waals surface area contributed by atoms with Crippen LogP contribution in [0.1, 0.15) is 25.3 Å². The molecular weight excluding hydrogens is 394 g/mol. The van der Waals surface area contributed by atoms with Crippen molar-refractivity contribution >= 4 is 29.3 Å². The maximum Gasteiger partial charge on any atom is 0.234 e. The zero-order valence-electron chi connectivity index (χ0n) is 17.2. The van der Waals surface area contributed by atoms with Gasteiger partial charge < -0.3 is 15.5 Å². The Kier molecular flexibility index (Phi) is 5.29. The van der Waals surface area contributed by atoms with E-state index in [-0.39, 0.29) is 17.1 Å². The molecule has 4 aliphatic rings. The first kappa shape index (κ1) is 19.6. The lowest BCUT2D eigenvalue weighted by atomic mass is 9.84. The monoisotopic (exact) mass is 421 g/mol. The van der Waals surface area contributed by atoms with Gasteiger partial charge in [0.25, 0.3) is 0 Å². The molecule has 6 heteroatoms. The SMILES string of the molecule is CC(=O)Nc1cccc(-c2cccc3c2SC(C(=O)N[C@H]2CN4CCC2CC4)C3)c1. The van der Waals surface area contributed by atoms with Crippen molar-refractivity contribution in [2.75, 3.05) is 25.0 Å². The molecule has 2 aromatic rings. The van der Waals surface area contributed by atoms with Crippen LogP contribution in [-0.2, 0) is 16.0 Å². The third kappa shape index (κ3) is 3.86. The number of anilines is 1. The second-order valence-electron chi connectivity index (χ2n) is 8.62. The van der Waals surface area contributed by atoms with E-state index in [0.717, 1.165) is 29.8 Å². The Morgan fingerprint density at radius 2 is 1.90 bits per heavy atom. The van der Waals surface area contributed by atoms with Gasteiger partial charge in [0.2, 0.25) is 11.8 Å². The topological polar surface area (TPSA) is 61.4 Å². The Balaban J connectivity index is 1.33. The summed E-state index contributed by atoms with van der Waals surface area (Å²) in [7, 11) is 0. The molecule has 0 spiro atoms. The number of amides is 2. The highest BCUT2D eigenvalue weighted by Gasteiger charge is 2.37. The number of benzene rings is 2. The fourth-order valence-corrected chi connectivity index (χ4v) is 6.35. The van der Waals surface area contributed by atoms with Crippen LogP contribution < -0.4 is 10.6 Å². The number of piperidine rings is 3. The second kappa shape index (κ2) is 8.08. The molecule has 156 valence electrons. The van der Waals surface area contributed by atoms with Crippen LogP contribution >= 0.6 is 11.8 Å². The number of thioether (sulfide) groups is 1. The van der Waals surface area contributed by atoms with E-state index in [1.165, 1.54) is 43.3 Å². The van der Waals surface area contributed by atoms with Gasteiger partial charge in [0.15, 0.2) is 0 Å². The molecule has 1 unspecified atom stereocenters. The molecule has 6 rings (SSSR count). The molecule has 0 radical (unpaired) electrons. The highest BCUT2D eigenvalue weighted by molar-refractivity contribution is 8.01. The van der Waals surface area contributed by atoms with E-state index in [0.29, 0.717) is 12.0 Å². The van der Waals surface area contributed by atoms with Crippen molar-refractivity contribution in [3.05, 3.63) is 48.0 Å². The summed E-state index contributed by atoms with van der Waals surface area (Å²) < 4.78 is 0. The van der Waals surface area contributed by atoms with Gasteiger partial charge in [-0.25, -0.2) is 0 Å². The van der Waals surface area contributed by atoms with E-state index in [2.05, 4.69) is 39.8 Å². The quantitative estimate of drug-likeness (QED) is 0.793. The van der Waals surface area contributed by atoms with Gasteiger partial charge >= 0.3 is 0 Å². The summed E-state index contributed by atoms with van der Waals surface area (Å²) in [6, 6.07) is 14.5. The number of hydrogen-bond acceptors (Lipinski definition) is 4. The molecule has 3 fully saturated rings. The van der Waals surface area contributed by atoms with Crippen LogP contribution in [0.5, 0.6) is 0 Å². The molecule has 0 aliphatic carbocycles. The minimum atomic E-state index is -0.0794. The highest BCUT2D eigenvalue weighted by atomic mass is 32.2.